The molecule has 0 spiro atoms. The Morgan fingerprint density at radius 1 is 1.00 bits per heavy atom. The summed E-state index contributed by atoms with van der Waals surface area (Å²) in [6.45, 7) is 14.0. The van der Waals surface area contributed by atoms with Gasteiger partial charge in [-0.05, 0) is 68.5 Å². The number of ketones is 1. The number of aromatic nitrogens is 1. The number of aryl methyl sites for hydroxylation is 2. The molecule has 0 bridgehead atoms. The molecular formula is C38H43F3IrNO3-. The van der Waals surface area contributed by atoms with Gasteiger partial charge >= 0.3 is 6.18 Å². The van der Waals surface area contributed by atoms with Crippen molar-refractivity contribution in [3.8, 4) is 22.8 Å². The molecule has 1 radical (unpaired) electrons. The number of carbonyl (C=O) groups is 1. The molecule has 1 aromatic heterocycles. The number of benzene rings is 3. The first-order valence-electron chi connectivity index (χ1n) is 15.8. The molecule has 4 nitrogen and oxygen atoms in total. The van der Waals surface area contributed by atoms with E-state index in [-0.39, 0.29) is 38.2 Å². The Hall–Kier alpha value is -3.22. The Kier molecular flexibility index (Phi) is 12.6. The first-order valence-corrected chi connectivity index (χ1v) is 15.8. The number of hydrogen-bond acceptors (Lipinski definition) is 4. The zero-order chi connectivity index (χ0) is 33.1. The minimum Gasteiger partial charge on any atom is -0.512 e. The zero-order valence-electron chi connectivity index (χ0n) is 27.6. The molecule has 0 fully saturated rings. The molecule has 1 atom stereocenters. The summed E-state index contributed by atoms with van der Waals surface area (Å²) in [6, 6.07) is 16.7. The van der Waals surface area contributed by atoms with Gasteiger partial charge in [0.15, 0.2) is 5.78 Å². The van der Waals surface area contributed by atoms with Gasteiger partial charge < -0.3 is 9.84 Å². The fourth-order valence-electron chi connectivity index (χ4n) is 6.06. The van der Waals surface area contributed by atoms with Crippen LogP contribution in [0.2, 0.25) is 0 Å². The van der Waals surface area contributed by atoms with E-state index < -0.39 is 24.3 Å². The Morgan fingerprint density at radius 3 is 2.28 bits per heavy atom. The van der Waals surface area contributed by atoms with Crippen molar-refractivity contribution in [2.45, 2.75) is 86.7 Å². The Balaban J connectivity index is 0.000000269. The Bertz CT molecular complexity index is 1720. The van der Waals surface area contributed by atoms with Crippen molar-refractivity contribution in [2.75, 3.05) is 0 Å². The molecule has 1 aliphatic heterocycles. The second-order valence-electron chi connectivity index (χ2n) is 12.5. The number of nitrogens with zero attached hydrogens (tertiary/aromatic N) is 1. The predicted octanol–water partition coefficient (Wildman–Crippen LogP) is 11.2. The van der Waals surface area contributed by atoms with Crippen molar-refractivity contribution < 1.29 is 47.9 Å². The molecule has 1 aliphatic rings. The van der Waals surface area contributed by atoms with Gasteiger partial charge in [0.05, 0.1) is 17.9 Å². The summed E-state index contributed by atoms with van der Waals surface area (Å²) < 4.78 is 43.2. The second kappa shape index (κ2) is 15.6. The van der Waals surface area contributed by atoms with Crippen molar-refractivity contribution >= 4 is 27.3 Å². The number of hydrogen-bond donors (Lipinski definition) is 1. The fraction of sp³-hybridized carbons (Fsp3) is 0.421. The molecule has 1 N–H and O–H groups in total. The van der Waals surface area contributed by atoms with E-state index in [9.17, 15) is 23.1 Å². The molecule has 2 heterocycles. The summed E-state index contributed by atoms with van der Waals surface area (Å²) in [4.78, 5) is 16.4. The van der Waals surface area contributed by atoms with Crippen molar-refractivity contribution in [1.82, 2.24) is 4.98 Å². The van der Waals surface area contributed by atoms with Gasteiger partial charge in [0.2, 0.25) is 0 Å². The minimum absolute atomic E-state index is 0. The normalized spacial score (nSPS) is 13.2. The largest absolute Gasteiger partial charge is 0.512 e. The van der Waals surface area contributed by atoms with Crippen LogP contribution in [0, 0.1) is 37.7 Å². The van der Waals surface area contributed by atoms with E-state index in [2.05, 4.69) is 70.2 Å². The molecule has 0 aliphatic carbocycles. The summed E-state index contributed by atoms with van der Waals surface area (Å²) in [5.74, 6) is 0.374. The van der Waals surface area contributed by atoms with Crippen LogP contribution in [0.15, 0.2) is 54.4 Å². The van der Waals surface area contributed by atoms with Crippen LogP contribution in [-0.4, -0.2) is 22.1 Å². The number of aliphatic hydroxyl groups is 1. The number of allylic oxidation sites excluding steroid dienone is 2. The summed E-state index contributed by atoms with van der Waals surface area (Å²) in [7, 11) is 0. The number of halogens is 3. The number of rotatable bonds is 9. The smallest absolute Gasteiger partial charge is 0.389 e. The summed E-state index contributed by atoms with van der Waals surface area (Å²) >= 11 is 0. The van der Waals surface area contributed by atoms with Gasteiger partial charge in [0, 0.05) is 55.3 Å². The minimum atomic E-state index is -4.33. The molecule has 46 heavy (non-hydrogen) atoms. The Morgan fingerprint density at radius 2 is 1.67 bits per heavy atom. The van der Waals surface area contributed by atoms with E-state index in [0.29, 0.717) is 18.8 Å². The van der Waals surface area contributed by atoms with Gasteiger partial charge in [-0.1, -0.05) is 74.9 Å². The fourth-order valence-corrected chi connectivity index (χ4v) is 6.06. The average molecular weight is 811 g/mol. The monoisotopic (exact) mass is 811 g/mol. The average Bonchev–Trinajstić information content (AvgIpc) is 2.95. The number of aliphatic hydroxyl groups excluding tert-OH is 1. The van der Waals surface area contributed by atoms with Crippen molar-refractivity contribution in [2.24, 2.45) is 17.8 Å². The van der Waals surface area contributed by atoms with E-state index >= 15 is 0 Å². The topological polar surface area (TPSA) is 59.4 Å². The van der Waals surface area contributed by atoms with Gasteiger partial charge in [-0.15, -0.1) is 17.5 Å². The molecule has 8 heteroatoms. The van der Waals surface area contributed by atoms with E-state index in [4.69, 9.17) is 9.72 Å². The maximum absolute atomic E-state index is 12.3. The number of ether oxygens (including phenoxy) is 1. The second-order valence-corrected chi connectivity index (χ2v) is 12.5. The first-order chi connectivity index (χ1) is 21.2. The van der Waals surface area contributed by atoms with Gasteiger partial charge in [-0.25, -0.2) is 0 Å². The number of alkyl halides is 3. The number of carbonyl (C=O) groups excluding carboxylic acids is 1. The molecule has 0 saturated carbocycles. The van der Waals surface area contributed by atoms with Crippen LogP contribution in [-0.2, 0) is 31.3 Å². The third-order valence-electron chi connectivity index (χ3n) is 8.37. The van der Waals surface area contributed by atoms with Crippen LogP contribution in [0.1, 0.15) is 77.0 Å². The van der Waals surface area contributed by atoms with Crippen LogP contribution >= 0.6 is 0 Å². The first kappa shape index (κ1) is 37.2. The summed E-state index contributed by atoms with van der Waals surface area (Å²) in [5.41, 5.74) is 5.74. The van der Waals surface area contributed by atoms with E-state index in [0.717, 1.165) is 46.0 Å². The molecular weight excluding hydrogens is 768 g/mol. The van der Waals surface area contributed by atoms with Gasteiger partial charge in [0.25, 0.3) is 0 Å². The van der Waals surface area contributed by atoms with Crippen molar-refractivity contribution in [1.29, 1.82) is 0 Å². The molecule has 1 unspecified atom stereocenters. The molecule has 0 saturated heterocycles. The SMILES string of the molecule is CCC(CC)C(=O)/C=C(\O)C(CC)CC(F)(F)F.Cc1cc(C)c2cc3c([c-]c2c1)-c1nccc2cc(CC(C)C)cc(c12)O3.[Ir]. The Labute approximate surface area is 283 Å². The van der Waals surface area contributed by atoms with E-state index in [1.807, 2.05) is 20.0 Å². The number of fused-ring (bicyclic) bond motifs is 3. The molecule has 3 aromatic carbocycles. The maximum Gasteiger partial charge on any atom is 0.389 e. The van der Waals surface area contributed by atoms with Gasteiger partial charge in [-0.2, -0.15) is 13.2 Å². The van der Waals surface area contributed by atoms with Gasteiger partial charge in [-0.3, -0.25) is 9.78 Å². The van der Waals surface area contributed by atoms with Crippen LogP contribution in [0.25, 0.3) is 32.8 Å². The van der Waals surface area contributed by atoms with Crippen LogP contribution in [0.3, 0.4) is 0 Å². The van der Waals surface area contributed by atoms with Crippen LogP contribution < -0.4 is 4.74 Å². The van der Waals surface area contributed by atoms with Crippen LogP contribution in [0.5, 0.6) is 11.5 Å². The predicted molar refractivity (Wildman–Crippen MR) is 176 cm³/mol. The van der Waals surface area contributed by atoms with Crippen LogP contribution in [0.4, 0.5) is 13.2 Å². The zero-order valence-corrected chi connectivity index (χ0v) is 30.0. The maximum atomic E-state index is 12.3. The molecule has 0 amide bonds. The summed E-state index contributed by atoms with van der Waals surface area (Å²) in [5, 5.41) is 14.2. The third kappa shape index (κ3) is 8.77. The van der Waals surface area contributed by atoms with E-state index in [1.165, 1.54) is 27.5 Å². The standard InChI is InChI=1S/C25H22NO.C13H21F3O2.Ir/c1-14(2)7-17-10-18-5-6-26-25-21-12-19-9-15(3)8-16(4)20(19)13-22(21)27-23(11-17)24(18)25;1-4-9(5-2)11(17)7-12(18)10(6-3)8-13(14,15)16;/h5-6,8-11,13-14H,7H2,1-4H3;7,9-10,18H,4-6,8H2,1-3H3;/q-1;;/b;12-7-;. The van der Waals surface area contributed by atoms with E-state index in [1.54, 1.807) is 6.92 Å². The van der Waals surface area contributed by atoms with Crippen molar-refractivity contribution in [3.63, 3.8) is 0 Å². The third-order valence-corrected chi connectivity index (χ3v) is 8.37. The van der Waals surface area contributed by atoms with Gasteiger partial charge in [0.1, 0.15) is 5.75 Å². The quantitative estimate of drug-likeness (QED) is 0.0915. The summed E-state index contributed by atoms with van der Waals surface area (Å²) in [6.07, 6.45) is -0.128. The molecule has 249 valence electrons. The van der Waals surface area contributed by atoms with Crippen molar-refractivity contribution in [3.05, 3.63) is 77.2 Å². The molecule has 5 rings (SSSR count). The number of pyridine rings is 1. The molecule has 4 aromatic rings.